The summed E-state index contributed by atoms with van der Waals surface area (Å²) in [5, 5.41) is 6.81. The minimum atomic E-state index is -0.723. The van der Waals surface area contributed by atoms with Crippen molar-refractivity contribution in [3.05, 3.63) is 72.1 Å². The maximum absolute atomic E-state index is 13.2. The summed E-state index contributed by atoms with van der Waals surface area (Å²) in [5.74, 6) is -1.36. The molecule has 0 spiro atoms. The van der Waals surface area contributed by atoms with Crippen molar-refractivity contribution >= 4 is 56.5 Å². The van der Waals surface area contributed by atoms with Gasteiger partial charge in [0.05, 0.1) is 23.2 Å². The molecule has 4 aromatic rings. The van der Waals surface area contributed by atoms with E-state index in [4.69, 9.17) is 11.5 Å². The fraction of sp³-hybridized carbons (Fsp3) is 0.267. The van der Waals surface area contributed by atoms with Gasteiger partial charge in [0.25, 0.3) is 11.8 Å². The molecule has 10 nitrogen and oxygen atoms in total. The van der Waals surface area contributed by atoms with Crippen LogP contribution in [0.15, 0.2) is 60.9 Å². The number of amides is 3. The Hall–Kier alpha value is -4.54. The lowest BCUT2D eigenvalue weighted by molar-refractivity contribution is -0.124. The van der Waals surface area contributed by atoms with Crippen LogP contribution in [0, 0.1) is 0 Å². The number of imide groups is 1. The summed E-state index contributed by atoms with van der Waals surface area (Å²) < 4.78 is 3.90. The smallest absolute Gasteiger partial charge is 0.259 e. The molecule has 0 aliphatic carbocycles. The van der Waals surface area contributed by atoms with Gasteiger partial charge in [-0.25, -0.2) is 0 Å². The van der Waals surface area contributed by atoms with Crippen LogP contribution in [0.1, 0.15) is 30.9 Å². The van der Waals surface area contributed by atoms with Gasteiger partial charge in [-0.2, -0.15) is 0 Å². The van der Waals surface area contributed by atoms with Crippen molar-refractivity contribution < 1.29 is 19.2 Å². The Morgan fingerprint density at radius 1 is 0.900 bits per heavy atom. The number of aryl methyl sites for hydroxylation is 2. The quantitative estimate of drug-likeness (QED) is 0.225. The highest BCUT2D eigenvalue weighted by molar-refractivity contribution is 6.50. The number of nitrogens with zero attached hydrogens (tertiary/aromatic N) is 2. The number of benzene rings is 2. The van der Waals surface area contributed by atoms with Gasteiger partial charge in [-0.15, -0.1) is 0 Å². The second-order valence-electron chi connectivity index (χ2n) is 10.1. The first-order valence-corrected chi connectivity index (χ1v) is 13.2. The Morgan fingerprint density at radius 2 is 1.48 bits per heavy atom. The predicted octanol–water partition coefficient (Wildman–Crippen LogP) is 1.84. The summed E-state index contributed by atoms with van der Waals surface area (Å²) in [5.41, 5.74) is 15.5. The first-order valence-electron chi connectivity index (χ1n) is 13.2. The molecule has 6 N–H and O–H groups in total. The van der Waals surface area contributed by atoms with E-state index in [1.54, 1.807) is 6.92 Å². The number of nitrogens with two attached hydrogens (primary N) is 2. The Balaban J connectivity index is 1.46. The lowest BCUT2D eigenvalue weighted by Crippen LogP contribution is -2.40. The third-order valence-electron chi connectivity index (χ3n) is 7.33. The monoisotopic (exact) mass is 540 g/mol. The second-order valence-corrected chi connectivity index (χ2v) is 10.1. The second kappa shape index (κ2) is 10.9. The number of para-hydroxylation sites is 2. The number of Topliss-reactive ketones (excluding diaryl/α,β-unsaturated/α-hetero) is 1. The Kier molecular flexibility index (Phi) is 7.38. The Labute approximate surface area is 231 Å². The van der Waals surface area contributed by atoms with E-state index in [9.17, 15) is 19.2 Å². The topological polar surface area (TPSA) is 154 Å². The van der Waals surface area contributed by atoms with E-state index in [1.165, 1.54) is 0 Å². The molecule has 3 heterocycles. The molecule has 1 aliphatic heterocycles. The number of aromatic nitrogens is 2. The van der Waals surface area contributed by atoms with Crippen molar-refractivity contribution in [3.63, 3.8) is 0 Å². The van der Waals surface area contributed by atoms with E-state index in [-0.39, 0.29) is 24.7 Å². The molecule has 2 atom stereocenters. The molecule has 10 heteroatoms. The van der Waals surface area contributed by atoms with Crippen LogP contribution >= 0.6 is 0 Å². The maximum atomic E-state index is 13.2. The van der Waals surface area contributed by atoms with Gasteiger partial charge in [0.15, 0.2) is 5.78 Å². The highest BCUT2D eigenvalue weighted by Crippen LogP contribution is 2.38. The fourth-order valence-electron chi connectivity index (χ4n) is 5.24. The third kappa shape index (κ3) is 4.94. The standard InChI is InChI=1S/C30H32N6O4/c1-17(31)28(38)33-13-11-25(37)22(32)12-14-36-16-21(19-8-4-6-10-24(19)36)27-26(29(39)34-30(27)40)20-15-35(2)23-9-5-3-7-18(20)23/h3-10,15-17,22H,11-14,31-32H2,1-2H3,(H,33,38)(H,34,39,40)/t17-,22?/m0/s1. The van der Waals surface area contributed by atoms with Gasteiger partial charge in [-0.05, 0) is 25.5 Å². The number of nitrogens with one attached hydrogen (secondary N) is 2. The van der Waals surface area contributed by atoms with Gasteiger partial charge in [0.1, 0.15) is 0 Å². The van der Waals surface area contributed by atoms with E-state index < -0.39 is 23.9 Å². The van der Waals surface area contributed by atoms with Crippen LogP contribution < -0.4 is 22.1 Å². The van der Waals surface area contributed by atoms with Gasteiger partial charge in [0, 0.05) is 71.9 Å². The van der Waals surface area contributed by atoms with Crippen molar-refractivity contribution in [3.8, 4) is 0 Å². The lowest BCUT2D eigenvalue weighted by Gasteiger charge is -2.13. The number of carbonyl (C=O) groups is 4. The van der Waals surface area contributed by atoms with Crippen molar-refractivity contribution in [2.24, 2.45) is 18.5 Å². The Bertz CT molecular complexity index is 1690. The summed E-state index contributed by atoms with van der Waals surface area (Å²) >= 11 is 0. The number of hydrogen-bond acceptors (Lipinski definition) is 6. The molecule has 3 amide bonds. The van der Waals surface area contributed by atoms with Crippen molar-refractivity contribution in [2.45, 2.75) is 38.4 Å². The van der Waals surface area contributed by atoms with Gasteiger partial charge in [-0.1, -0.05) is 36.4 Å². The largest absolute Gasteiger partial charge is 0.354 e. The predicted molar refractivity (Wildman–Crippen MR) is 154 cm³/mol. The zero-order valence-corrected chi connectivity index (χ0v) is 22.4. The summed E-state index contributed by atoms with van der Waals surface area (Å²) in [4.78, 5) is 50.5. The van der Waals surface area contributed by atoms with E-state index in [2.05, 4.69) is 10.6 Å². The van der Waals surface area contributed by atoms with Crippen LogP contribution in [0.25, 0.3) is 33.0 Å². The zero-order valence-electron chi connectivity index (χ0n) is 22.4. The number of ketones is 1. The molecule has 0 fully saturated rings. The highest BCUT2D eigenvalue weighted by Gasteiger charge is 2.35. The van der Waals surface area contributed by atoms with Gasteiger partial charge >= 0.3 is 0 Å². The van der Waals surface area contributed by atoms with Crippen molar-refractivity contribution in [1.29, 1.82) is 0 Å². The summed E-state index contributed by atoms with van der Waals surface area (Å²) in [6, 6.07) is 14.0. The molecule has 2 aromatic carbocycles. The lowest BCUT2D eigenvalue weighted by atomic mass is 9.95. The van der Waals surface area contributed by atoms with Crippen molar-refractivity contribution in [1.82, 2.24) is 19.8 Å². The third-order valence-corrected chi connectivity index (χ3v) is 7.33. The van der Waals surface area contributed by atoms with Crippen LogP contribution in [-0.4, -0.2) is 51.3 Å². The molecule has 0 bridgehead atoms. The van der Waals surface area contributed by atoms with Gasteiger partial charge < -0.3 is 25.9 Å². The van der Waals surface area contributed by atoms with Crippen LogP contribution in [-0.2, 0) is 32.8 Å². The van der Waals surface area contributed by atoms with Crippen molar-refractivity contribution in [2.75, 3.05) is 6.54 Å². The average molecular weight is 541 g/mol. The normalized spacial score (nSPS) is 15.1. The van der Waals surface area contributed by atoms with Gasteiger partial charge in [-0.3, -0.25) is 24.5 Å². The number of rotatable bonds is 10. The molecule has 1 aliphatic rings. The minimum absolute atomic E-state index is 0.112. The molecule has 40 heavy (non-hydrogen) atoms. The van der Waals surface area contributed by atoms with E-state index in [1.807, 2.05) is 77.1 Å². The van der Waals surface area contributed by atoms with Crippen LogP contribution in [0.4, 0.5) is 0 Å². The molecule has 2 aromatic heterocycles. The van der Waals surface area contributed by atoms with E-state index in [0.29, 0.717) is 35.2 Å². The fourth-order valence-corrected chi connectivity index (χ4v) is 5.24. The summed E-state index contributed by atoms with van der Waals surface area (Å²) in [6.07, 6.45) is 4.20. The number of fused-ring (bicyclic) bond motifs is 2. The van der Waals surface area contributed by atoms with Crippen LogP contribution in [0.2, 0.25) is 0 Å². The van der Waals surface area contributed by atoms with Crippen LogP contribution in [0.3, 0.4) is 0 Å². The Morgan fingerprint density at radius 3 is 2.12 bits per heavy atom. The summed E-state index contributed by atoms with van der Waals surface area (Å²) in [7, 11) is 1.91. The molecular weight excluding hydrogens is 508 g/mol. The summed E-state index contributed by atoms with van der Waals surface area (Å²) in [6.45, 7) is 2.18. The molecule has 1 unspecified atom stereocenters. The first kappa shape index (κ1) is 27.0. The van der Waals surface area contributed by atoms with E-state index >= 15 is 0 Å². The minimum Gasteiger partial charge on any atom is -0.354 e. The molecule has 0 saturated heterocycles. The number of carbonyl (C=O) groups excluding carboxylic acids is 4. The molecule has 0 radical (unpaired) electrons. The maximum Gasteiger partial charge on any atom is 0.259 e. The average Bonchev–Trinajstić information content (AvgIpc) is 3.56. The van der Waals surface area contributed by atoms with Gasteiger partial charge in [0.2, 0.25) is 5.91 Å². The molecule has 206 valence electrons. The van der Waals surface area contributed by atoms with E-state index in [0.717, 1.165) is 21.8 Å². The molecule has 0 saturated carbocycles. The SMILES string of the molecule is C[C@H](N)C(=O)NCCC(=O)C(N)CCn1cc(C2=C(c3cn(C)c4ccccc34)C(=O)NC2=O)c2ccccc21. The first-order chi connectivity index (χ1) is 19.2. The highest BCUT2D eigenvalue weighted by atomic mass is 16.2. The molecular formula is C30H32N6O4. The van der Waals surface area contributed by atoms with Crippen LogP contribution in [0.5, 0.6) is 0 Å². The zero-order chi connectivity index (χ0) is 28.6. The number of hydrogen-bond donors (Lipinski definition) is 4. The molecule has 5 rings (SSSR count).